The average molecular weight is 704 g/mol. The Kier molecular flexibility index (Phi) is 13.7. The van der Waals surface area contributed by atoms with Crippen LogP contribution in [-0.4, -0.2) is 52.2 Å². The maximum absolute atomic E-state index is 14.4. The second kappa shape index (κ2) is 17.5. The molecular formula is C41H57NO7Si. The second-order valence-electron chi connectivity index (χ2n) is 15.0. The van der Waals surface area contributed by atoms with Crippen molar-refractivity contribution in [3.63, 3.8) is 0 Å². The normalized spacial score (nSPS) is 13.9. The molecule has 0 saturated carbocycles. The van der Waals surface area contributed by atoms with E-state index in [1.54, 1.807) is 25.3 Å². The van der Waals surface area contributed by atoms with Crippen molar-refractivity contribution >= 4 is 20.1 Å². The molecule has 0 amide bonds. The van der Waals surface area contributed by atoms with E-state index in [2.05, 4.69) is 54.6 Å². The predicted octanol–water partition coefficient (Wildman–Crippen LogP) is 9.46. The SMILES string of the molecule is CCCCOC(=O)C[C@H](c1ccc(OC)cc1C[C@H](C)CO[Si](C)(C)C(C)(C)C)c1nc(CCCC)ccc1C(=O)c1ccc2c(c1)OCO2. The third kappa shape index (κ3) is 9.97. The molecule has 0 unspecified atom stereocenters. The molecule has 2 heterocycles. The van der Waals surface area contributed by atoms with Crippen molar-refractivity contribution in [2.24, 2.45) is 5.92 Å². The summed E-state index contributed by atoms with van der Waals surface area (Å²) >= 11 is 0. The van der Waals surface area contributed by atoms with Crippen LogP contribution in [0, 0.1) is 5.92 Å². The smallest absolute Gasteiger partial charge is 0.306 e. The maximum Gasteiger partial charge on any atom is 0.306 e. The summed E-state index contributed by atoms with van der Waals surface area (Å²) < 4.78 is 29.2. The molecule has 0 radical (unpaired) electrons. The molecule has 50 heavy (non-hydrogen) atoms. The zero-order chi connectivity index (χ0) is 36.5. The number of ether oxygens (including phenoxy) is 4. The van der Waals surface area contributed by atoms with Crippen molar-refractivity contribution < 1.29 is 33.0 Å². The number of aryl methyl sites for hydroxylation is 1. The van der Waals surface area contributed by atoms with E-state index in [0.29, 0.717) is 48.0 Å². The molecule has 8 nitrogen and oxygen atoms in total. The number of carbonyl (C=O) groups excluding carboxylic acids is 2. The number of esters is 1. The number of carbonyl (C=O) groups is 2. The van der Waals surface area contributed by atoms with Gasteiger partial charge in [-0.3, -0.25) is 14.6 Å². The first-order valence-corrected chi connectivity index (χ1v) is 21.1. The van der Waals surface area contributed by atoms with Gasteiger partial charge in [-0.1, -0.05) is 60.5 Å². The molecule has 0 spiro atoms. The first-order valence-electron chi connectivity index (χ1n) is 18.2. The molecule has 0 fully saturated rings. The molecule has 3 aromatic rings. The summed E-state index contributed by atoms with van der Waals surface area (Å²) in [5, 5.41) is 0.104. The number of fused-ring (bicyclic) bond motifs is 1. The van der Waals surface area contributed by atoms with Gasteiger partial charge in [-0.05, 0) is 103 Å². The molecule has 1 aliphatic rings. The largest absolute Gasteiger partial charge is 0.497 e. The monoisotopic (exact) mass is 703 g/mol. The van der Waals surface area contributed by atoms with Gasteiger partial charge in [0.05, 0.1) is 25.8 Å². The Hall–Kier alpha value is -3.69. The number of ketones is 1. The van der Waals surface area contributed by atoms with Gasteiger partial charge in [-0.25, -0.2) is 0 Å². The van der Waals surface area contributed by atoms with Crippen LogP contribution in [0.15, 0.2) is 48.5 Å². The third-order valence-electron chi connectivity index (χ3n) is 9.94. The summed E-state index contributed by atoms with van der Waals surface area (Å²) in [6, 6.07) is 15.0. The fourth-order valence-electron chi connectivity index (χ4n) is 5.80. The molecule has 272 valence electrons. The highest BCUT2D eigenvalue weighted by atomic mass is 28.4. The number of hydrogen-bond donors (Lipinski definition) is 0. The fraction of sp³-hybridized carbons (Fsp3) is 0.537. The van der Waals surface area contributed by atoms with Crippen molar-refractivity contribution in [1.29, 1.82) is 0 Å². The van der Waals surface area contributed by atoms with Crippen molar-refractivity contribution in [1.82, 2.24) is 4.98 Å². The van der Waals surface area contributed by atoms with Crippen molar-refractivity contribution in [2.75, 3.05) is 27.1 Å². The summed E-state index contributed by atoms with van der Waals surface area (Å²) in [6.45, 7) is 18.8. The van der Waals surface area contributed by atoms with Gasteiger partial charge in [-0.2, -0.15) is 0 Å². The van der Waals surface area contributed by atoms with E-state index < -0.39 is 14.2 Å². The number of benzene rings is 2. The molecule has 2 atom stereocenters. The molecule has 0 aliphatic carbocycles. The number of hydrogen-bond acceptors (Lipinski definition) is 8. The Morgan fingerprint density at radius 3 is 2.40 bits per heavy atom. The Balaban J connectivity index is 1.82. The minimum absolute atomic E-state index is 0.0452. The van der Waals surface area contributed by atoms with Crippen LogP contribution in [0.25, 0.3) is 0 Å². The van der Waals surface area contributed by atoms with Gasteiger partial charge in [0.15, 0.2) is 25.6 Å². The molecular weight excluding hydrogens is 647 g/mol. The molecule has 0 saturated heterocycles. The van der Waals surface area contributed by atoms with Crippen molar-refractivity contribution in [2.45, 2.75) is 111 Å². The minimum Gasteiger partial charge on any atom is -0.497 e. The van der Waals surface area contributed by atoms with E-state index in [9.17, 15) is 9.59 Å². The van der Waals surface area contributed by atoms with Crippen LogP contribution < -0.4 is 14.2 Å². The van der Waals surface area contributed by atoms with E-state index in [-0.39, 0.29) is 35.9 Å². The first kappa shape index (κ1) is 39.1. The van der Waals surface area contributed by atoms with Crippen LogP contribution in [0.4, 0.5) is 0 Å². The predicted molar refractivity (Wildman–Crippen MR) is 200 cm³/mol. The molecule has 4 rings (SSSR count). The Morgan fingerprint density at radius 2 is 1.70 bits per heavy atom. The van der Waals surface area contributed by atoms with Gasteiger partial charge in [-0.15, -0.1) is 0 Å². The van der Waals surface area contributed by atoms with E-state index in [4.69, 9.17) is 28.4 Å². The molecule has 1 aliphatic heterocycles. The second-order valence-corrected chi connectivity index (χ2v) is 19.8. The van der Waals surface area contributed by atoms with E-state index in [1.807, 2.05) is 30.3 Å². The van der Waals surface area contributed by atoms with Crippen molar-refractivity contribution in [3.8, 4) is 17.2 Å². The number of rotatable bonds is 18. The fourth-order valence-corrected chi connectivity index (χ4v) is 6.94. The van der Waals surface area contributed by atoms with Gasteiger partial charge >= 0.3 is 5.97 Å². The summed E-state index contributed by atoms with van der Waals surface area (Å²) in [7, 11) is -0.296. The number of methoxy groups -OCH3 is 1. The van der Waals surface area contributed by atoms with Crippen LogP contribution >= 0.6 is 0 Å². The van der Waals surface area contributed by atoms with Crippen LogP contribution in [-0.2, 0) is 26.8 Å². The lowest BCUT2D eigenvalue weighted by atomic mass is 9.82. The lowest BCUT2D eigenvalue weighted by Gasteiger charge is -2.37. The van der Waals surface area contributed by atoms with Gasteiger partial charge in [0.1, 0.15) is 5.75 Å². The van der Waals surface area contributed by atoms with Crippen LogP contribution in [0.2, 0.25) is 18.1 Å². The zero-order valence-corrected chi connectivity index (χ0v) is 32.6. The average Bonchev–Trinajstić information content (AvgIpc) is 3.56. The summed E-state index contributed by atoms with van der Waals surface area (Å²) in [6.07, 6.45) is 5.20. The Bertz CT molecular complexity index is 1610. The summed E-state index contributed by atoms with van der Waals surface area (Å²) in [4.78, 5) is 33.1. The van der Waals surface area contributed by atoms with Gasteiger partial charge in [0.2, 0.25) is 6.79 Å². The standard InChI is InChI=1S/C41H57NO7Si/c1-10-12-14-31-16-18-34(40(44)29-15-20-36-37(24-29)48-27-47-36)39(42-31)35(25-38(43)46-21-13-11-2)33-19-17-32(45-7)23-30(33)22-28(3)26-49-50(8,9)41(4,5)6/h15-20,23-24,28,35H,10-14,21-22,25-27H2,1-9H3/t28-,35+/m0/s1. The van der Waals surface area contributed by atoms with Gasteiger partial charge < -0.3 is 23.4 Å². The van der Waals surface area contributed by atoms with Gasteiger partial charge in [0.25, 0.3) is 0 Å². The molecule has 9 heteroatoms. The molecule has 1 aromatic heterocycles. The van der Waals surface area contributed by atoms with E-state index >= 15 is 0 Å². The maximum atomic E-state index is 14.4. The third-order valence-corrected chi connectivity index (χ3v) is 14.4. The lowest BCUT2D eigenvalue weighted by Crippen LogP contribution is -2.41. The molecule has 0 bridgehead atoms. The number of nitrogens with zero attached hydrogens (tertiary/aromatic N) is 1. The van der Waals surface area contributed by atoms with E-state index in [0.717, 1.165) is 54.7 Å². The Labute approximate surface area is 300 Å². The first-order chi connectivity index (χ1) is 23.8. The highest BCUT2D eigenvalue weighted by Crippen LogP contribution is 2.39. The summed E-state index contributed by atoms with van der Waals surface area (Å²) in [5.74, 6) is 1.01. The quantitative estimate of drug-likeness (QED) is 0.0560. The topological polar surface area (TPSA) is 93.2 Å². The molecule has 0 N–H and O–H groups in total. The van der Waals surface area contributed by atoms with Crippen molar-refractivity contribution in [3.05, 3.63) is 82.2 Å². The van der Waals surface area contributed by atoms with Crippen LogP contribution in [0.5, 0.6) is 17.2 Å². The lowest BCUT2D eigenvalue weighted by molar-refractivity contribution is -0.144. The van der Waals surface area contributed by atoms with E-state index in [1.165, 1.54) is 0 Å². The molecule has 2 aromatic carbocycles. The van der Waals surface area contributed by atoms with Crippen LogP contribution in [0.1, 0.15) is 118 Å². The summed E-state index contributed by atoms with van der Waals surface area (Å²) in [5.41, 5.74) is 4.34. The highest BCUT2D eigenvalue weighted by molar-refractivity contribution is 6.74. The Morgan fingerprint density at radius 1 is 0.960 bits per heavy atom. The highest BCUT2D eigenvalue weighted by Gasteiger charge is 2.37. The zero-order valence-electron chi connectivity index (χ0n) is 31.6. The number of pyridine rings is 1. The van der Waals surface area contributed by atoms with Crippen LogP contribution in [0.3, 0.4) is 0 Å². The minimum atomic E-state index is -1.96. The number of unbranched alkanes of at least 4 members (excludes halogenated alkanes) is 2. The van der Waals surface area contributed by atoms with Gasteiger partial charge in [0, 0.05) is 29.3 Å². The number of aromatic nitrogens is 1.